The predicted molar refractivity (Wildman–Crippen MR) is 75.8 cm³/mol. The fourth-order valence-electron chi connectivity index (χ4n) is 1.59. The van der Waals surface area contributed by atoms with Gasteiger partial charge in [0.15, 0.2) is 0 Å². The number of hydrogen-bond acceptors (Lipinski definition) is 2. The normalized spacial score (nSPS) is 10.4. The molecule has 0 fully saturated rings. The van der Waals surface area contributed by atoms with Gasteiger partial charge in [-0.2, -0.15) is 0 Å². The number of hydrogen-bond donors (Lipinski definition) is 2. The summed E-state index contributed by atoms with van der Waals surface area (Å²) in [4.78, 5) is 10.5. The first-order valence-corrected chi connectivity index (χ1v) is 5.88. The van der Waals surface area contributed by atoms with Gasteiger partial charge in [0.05, 0.1) is 0 Å². The topological polar surface area (TPSA) is 49.3 Å². The van der Waals surface area contributed by atoms with E-state index in [9.17, 15) is 4.79 Å². The Kier molecular flexibility index (Phi) is 5.18. The standard InChI is InChI=1S/C15H19NO2/c1-11(2)4-7-13-8-5-12(6-9-15(17)18)10-14(13)16-3/h4-6,8-10,16H,7H2,1-3H3,(H,17,18)/b9-6+. The third-order valence-corrected chi connectivity index (χ3v) is 2.55. The summed E-state index contributed by atoms with van der Waals surface area (Å²) in [6.07, 6.45) is 5.78. The van der Waals surface area contributed by atoms with Gasteiger partial charge in [-0.25, -0.2) is 4.79 Å². The molecule has 3 nitrogen and oxygen atoms in total. The second kappa shape index (κ2) is 6.64. The smallest absolute Gasteiger partial charge is 0.328 e. The van der Waals surface area contributed by atoms with Crippen molar-refractivity contribution in [3.8, 4) is 0 Å². The third-order valence-electron chi connectivity index (χ3n) is 2.55. The van der Waals surface area contributed by atoms with Crippen LogP contribution in [0.4, 0.5) is 5.69 Å². The van der Waals surface area contributed by atoms with Gasteiger partial charge in [0.25, 0.3) is 0 Å². The molecule has 0 heterocycles. The van der Waals surface area contributed by atoms with Crippen molar-refractivity contribution in [2.75, 3.05) is 12.4 Å². The highest BCUT2D eigenvalue weighted by molar-refractivity contribution is 5.85. The van der Waals surface area contributed by atoms with E-state index in [0.29, 0.717) is 0 Å². The number of rotatable bonds is 5. The van der Waals surface area contributed by atoms with Crippen LogP contribution in [0.2, 0.25) is 0 Å². The minimum absolute atomic E-state index is 0.876. The highest BCUT2D eigenvalue weighted by Gasteiger charge is 2.00. The maximum Gasteiger partial charge on any atom is 0.328 e. The van der Waals surface area contributed by atoms with Crippen LogP contribution in [0.3, 0.4) is 0 Å². The molecule has 1 aromatic carbocycles. The van der Waals surface area contributed by atoms with Gasteiger partial charge in [0, 0.05) is 18.8 Å². The van der Waals surface area contributed by atoms with E-state index in [1.165, 1.54) is 11.1 Å². The van der Waals surface area contributed by atoms with Gasteiger partial charge in [-0.3, -0.25) is 0 Å². The van der Waals surface area contributed by atoms with Gasteiger partial charge in [0.1, 0.15) is 0 Å². The van der Waals surface area contributed by atoms with Crippen LogP contribution in [-0.2, 0) is 11.2 Å². The van der Waals surface area contributed by atoms with Crippen LogP contribution < -0.4 is 5.32 Å². The fourth-order valence-corrected chi connectivity index (χ4v) is 1.59. The highest BCUT2D eigenvalue weighted by Crippen LogP contribution is 2.19. The molecular weight excluding hydrogens is 226 g/mol. The number of anilines is 1. The molecule has 0 spiro atoms. The van der Waals surface area contributed by atoms with Gasteiger partial charge in [-0.05, 0) is 43.5 Å². The number of aliphatic carboxylic acids is 1. The summed E-state index contributed by atoms with van der Waals surface area (Å²) in [5.74, 6) is -0.936. The van der Waals surface area contributed by atoms with Crippen molar-refractivity contribution in [2.45, 2.75) is 20.3 Å². The lowest BCUT2D eigenvalue weighted by Crippen LogP contribution is -1.95. The van der Waals surface area contributed by atoms with Crippen molar-refractivity contribution >= 4 is 17.7 Å². The Hall–Kier alpha value is -2.03. The summed E-state index contributed by atoms with van der Waals surface area (Å²) in [7, 11) is 1.87. The van der Waals surface area contributed by atoms with E-state index in [1.54, 1.807) is 6.08 Å². The second-order valence-corrected chi connectivity index (χ2v) is 4.32. The summed E-state index contributed by atoms with van der Waals surface area (Å²) >= 11 is 0. The Morgan fingerprint density at radius 2 is 2.11 bits per heavy atom. The van der Waals surface area contributed by atoms with Crippen LogP contribution in [0, 0.1) is 0 Å². The van der Waals surface area contributed by atoms with E-state index in [1.807, 2.05) is 25.2 Å². The molecule has 0 unspecified atom stereocenters. The van der Waals surface area contributed by atoms with Crippen molar-refractivity contribution in [1.82, 2.24) is 0 Å². The molecule has 0 atom stereocenters. The lowest BCUT2D eigenvalue weighted by atomic mass is 10.0. The summed E-state index contributed by atoms with van der Waals surface area (Å²) in [5, 5.41) is 11.7. The van der Waals surface area contributed by atoms with Gasteiger partial charge >= 0.3 is 5.97 Å². The Morgan fingerprint density at radius 3 is 2.67 bits per heavy atom. The lowest BCUT2D eigenvalue weighted by molar-refractivity contribution is -0.131. The summed E-state index contributed by atoms with van der Waals surface area (Å²) in [5.41, 5.74) is 4.39. The molecule has 1 rings (SSSR count). The van der Waals surface area contributed by atoms with E-state index >= 15 is 0 Å². The van der Waals surface area contributed by atoms with E-state index in [0.717, 1.165) is 23.7 Å². The minimum Gasteiger partial charge on any atom is -0.478 e. The van der Waals surface area contributed by atoms with Gasteiger partial charge in [-0.15, -0.1) is 0 Å². The molecule has 0 aromatic heterocycles. The molecular formula is C15H19NO2. The molecule has 3 heteroatoms. The number of carbonyl (C=O) groups is 1. The van der Waals surface area contributed by atoms with Crippen LogP contribution in [0.5, 0.6) is 0 Å². The van der Waals surface area contributed by atoms with Crippen molar-refractivity contribution < 1.29 is 9.90 Å². The van der Waals surface area contributed by atoms with Gasteiger partial charge in [0.2, 0.25) is 0 Å². The molecule has 0 bridgehead atoms. The van der Waals surface area contributed by atoms with Gasteiger partial charge < -0.3 is 10.4 Å². The van der Waals surface area contributed by atoms with Crippen LogP contribution >= 0.6 is 0 Å². The molecule has 96 valence electrons. The lowest BCUT2D eigenvalue weighted by Gasteiger charge is -2.08. The van der Waals surface area contributed by atoms with Crippen molar-refractivity contribution in [3.05, 3.63) is 47.1 Å². The van der Waals surface area contributed by atoms with E-state index in [2.05, 4.69) is 25.2 Å². The average Bonchev–Trinajstić information content (AvgIpc) is 2.34. The van der Waals surface area contributed by atoms with Gasteiger partial charge in [-0.1, -0.05) is 23.8 Å². The highest BCUT2D eigenvalue weighted by atomic mass is 16.4. The Bertz CT molecular complexity index is 483. The predicted octanol–water partition coefficient (Wildman–Crippen LogP) is 3.33. The van der Waals surface area contributed by atoms with Crippen molar-refractivity contribution in [2.24, 2.45) is 0 Å². The van der Waals surface area contributed by atoms with E-state index < -0.39 is 5.97 Å². The maximum absolute atomic E-state index is 10.5. The van der Waals surface area contributed by atoms with E-state index in [4.69, 9.17) is 5.11 Å². The SMILES string of the molecule is CNc1cc(/C=C/C(=O)O)ccc1CC=C(C)C. The average molecular weight is 245 g/mol. The van der Waals surface area contributed by atoms with E-state index in [-0.39, 0.29) is 0 Å². The number of benzene rings is 1. The molecule has 0 saturated carbocycles. The molecule has 0 radical (unpaired) electrons. The Morgan fingerprint density at radius 1 is 1.39 bits per heavy atom. The monoisotopic (exact) mass is 245 g/mol. The number of carboxylic acid groups (broad SMARTS) is 1. The zero-order chi connectivity index (χ0) is 13.5. The first-order chi connectivity index (χ1) is 8.52. The summed E-state index contributed by atoms with van der Waals surface area (Å²) < 4.78 is 0. The molecule has 0 aliphatic carbocycles. The molecule has 0 aliphatic heterocycles. The maximum atomic E-state index is 10.5. The third kappa shape index (κ3) is 4.45. The Labute approximate surface area is 108 Å². The zero-order valence-electron chi connectivity index (χ0n) is 11.0. The van der Waals surface area contributed by atoms with Crippen LogP contribution in [0.15, 0.2) is 35.9 Å². The largest absolute Gasteiger partial charge is 0.478 e. The molecule has 0 amide bonds. The van der Waals surface area contributed by atoms with Crippen LogP contribution in [-0.4, -0.2) is 18.1 Å². The quantitative estimate of drug-likeness (QED) is 0.618. The Balaban J connectivity index is 2.96. The number of nitrogens with one attached hydrogen (secondary N) is 1. The molecule has 2 N–H and O–H groups in total. The number of carboxylic acids is 1. The minimum atomic E-state index is -0.936. The second-order valence-electron chi connectivity index (χ2n) is 4.32. The summed E-state index contributed by atoms with van der Waals surface area (Å²) in [6, 6.07) is 5.90. The van der Waals surface area contributed by atoms with Crippen LogP contribution in [0.1, 0.15) is 25.0 Å². The molecule has 0 saturated heterocycles. The number of allylic oxidation sites excluding steroid dienone is 2. The van der Waals surface area contributed by atoms with Crippen molar-refractivity contribution in [1.29, 1.82) is 0 Å². The molecule has 0 aliphatic rings. The van der Waals surface area contributed by atoms with Crippen molar-refractivity contribution in [3.63, 3.8) is 0 Å². The zero-order valence-corrected chi connectivity index (χ0v) is 11.0. The van der Waals surface area contributed by atoms with Crippen LogP contribution in [0.25, 0.3) is 6.08 Å². The molecule has 18 heavy (non-hydrogen) atoms. The first kappa shape index (κ1) is 14.0. The first-order valence-electron chi connectivity index (χ1n) is 5.88. The fraction of sp³-hybridized carbons (Fsp3) is 0.267. The molecule has 1 aromatic rings. The summed E-state index contributed by atoms with van der Waals surface area (Å²) in [6.45, 7) is 4.14.